The Morgan fingerprint density at radius 1 is 0.737 bits per heavy atom. The average molecular weight is 526 g/mol. The maximum absolute atomic E-state index is 14.1. The molecule has 0 spiro atoms. The molecular formula is C27H16F6N4O. The van der Waals surface area contributed by atoms with Crippen molar-refractivity contribution in [3.63, 3.8) is 0 Å². The number of carbonyl (C=O) groups excluding carboxylic acids is 1. The molecule has 2 aromatic carbocycles. The van der Waals surface area contributed by atoms with E-state index < -0.39 is 52.8 Å². The fourth-order valence-corrected chi connectivity index (χ4v) is 4.20. The molecule has 0 radical (unpaired) electrons. The van der Waals surface area contributed by atoms with Crippen molar-refractivity contribution in [1.82, 2.24) is 0 Å². The van der Waals surface area contributed by atoms with Gasteiger partial charge >= 0.3 is 0 Å². The fraction of sp³-hybridized carbons (Fsp3) is 0.148. The van der Waals surface area contributed by atoms with Crippen LogP contribution in [0.15, 0.2) is 83.2 Å². The van der Waals surface area contributed by atoms with Crippen molar-refractivity contribution in [2.75, 3.05) is 22.9 Å². The van der Waals surface area contributed by atoms with E-state index in [2.05, 4.69) is 0 Å². The van der Waals surface area contributed by atoms with E-state index in [1.165, 1.54) is 36.4 Å². The molecular weight excluding hydrogens is 510 g/mol. The van der Waals surface area contributed by atoms with Gasteiger partial charge in [0.25, 0.3) is 12.9 Å². The Morgan fingerprint density at radius 2 is 1.13 bits per heavy atom. The van der Waals surface area contributed by atoms with Gasteiger partial charge in [-0.2, -0.15) is 10.5 Å². The van der Waals surface area contributed by atoms with E-state index in [4.69, 9.17) is 0 Å². The number of allylic oxidation sites excluding steroid dienone is 6. The van der Waals surface area contributed by atoms with E-state index in [9.17, 15) is 41.7 Å². The van der Waals surface area contributed by atoms with E-state index in [0.717, 1.165) is 34.1 Å². The molecule has 5 nitrogen and oxygen atoms in total. The predicted octanol–water partition coefficient (Wildman–Crippen LogP) is 5.77. The molecule has 0 saturated heterocycles. The van der Waals surface area contributed by atoms with Gasteiger partial charge in [-0.1, -0.05) is 24.3 Å². The lowest BCUT2D eigenvalue weighted by Gasteiger charge is -2.31. The lowest BCUT2D eigenvalue weighted by Crippen LogP contribution is -2.33. The SMILES string of the molecule is N#Cc1c(F)cccc1N1CC=C(C(=O)C2=CCN(c3cccc(F)c3C#N)C(C(F)F)=C2)C=C1C(F)F. The number of carbonyl (C=O) groups is 1. The number of halogens is 6. The van der Waals surface area contributed by atoms with Gasteiger partial charge in [-0.3, -0.25) is 4.79 Å². The Morgan fingerprint density at radius 3 is 1.47 bits per heavy atom. The summed E-state index contributed by atoms with van der Waals surface area (Å²) in [6.45, 7) is -0.621. The third kappa shape index (κ3) is 4.78. The molecule has 0 unspecified atom stereocenters. The molecule has 0 amide bonds. The smallest absolute Gasteiger partial charge is 0.278 e. The molecule has 11 heteroatoms. The molecule has 2 heterocycles. The number of benzene rings is 2. The molecule has 2 aliphatic rings. The lowest BCUT2D eigenvalue weighted by atomic mass is 9.96. The highest BCUT2D eigenvalue weighted by Gasteiger charge is 2.31. The van der Waals surface area contributed by atoms with E-state index >= 15 is 0 Å². The third-order valence-corrected chi connectivity index (χ3v) is 5.98. The summed E-state index contributed by atoms with van der Waals surface area (Å²) in [7, 11) is 0. The molecule has 4 rings (SSSR count). The highest BCUT2D eigenvalue weighted by molar-refractivity contribution is 6.12. The molecule has 0 bridgehead atoms. The summed E-state index contributed by atoms with van der Waals surface area (Å²) in [6.07, 6.45) is -1.95. The summed E-state index contributed by atoms with van der Waals surface area (Å²) in [5.74, 6) is -2.62. The van der Waals surface area contributed by atoms with E-state index in [0.29, 0.717) is 0 Å². The minimum Gasteiger partial charge on any atom is -0.335 e. The Labute approximate surface area is 213 Å². The van der Waals surface area contributed by atoms with Gasteiger partial charge in [-0.25, -0.2) is 26.3 Å². The number of ketones is 1. The average Bonchev–Trinajstić information content (AvgIpc) is 2.91. The minimum absolute atomic E-state index is 0.113. The maximum Gasteiger partial charge on any atom is 0.278 e. The maximum atomic E-state index is 14.1. The first-order valence-corrected chi connectivity index (χ1v) is 11.0. The van der Waals surface area contributed by atoms with Crippen LogP contribution in [0.5, 0.6) is 0 Å². The third-order valence-electron chi connectivity index (χ3n) is 5.98. The van der Waals surface area contributed by atoms with Crippen LogP contribution < -0.4 is 9.80 Å². The van der Waals surface area contributed by atoms with Crippen molar-refractivity contribution in [3.05, 3.63) is 106 Å². The zero-order chi connectivity index (χ0) is 27.6. The van der Waals surface area contributed by atoms with Crippen LogP contribution in [0.25, 0.3) is 0 Å². The highest BCUT2D eigenvalue weighted by Crippen LogP contribution is 2.34. The van der Waals surface area contributed by atoms with Crippen LogP contribution in [0, 0.1) is 34.3 Å². The second kappa shape index (κ2) is 10.7. The zero-order valence-electron chi connectivity index (χ0n) is 19.3. The van der Waals surface area contributed by atoms with E-state index in [-0.39, 0.29) is 35.6 Å². The highest BCUT2D eigenvalue weighted by atomic mass is 19.3. The van der Waals surface area contributed by atoms with E-state index in [1.807, 2.05) is 0 Å². The first-order chi connectivity index (χ1) is 18.2. The number of anilines is 2. The predicted molar refractivity (Wildman–Crippen MR) is 126 cm³/mol. The largest absolute Gasteiger partial charge is 0.335 e. The van der Waals surface area contributed by atoms with Crippen LogP contribution in [0.2, 0.25) is 0 Å². The number of nitrogens with zero attached hydrogens (tertiary/aromatic N) is 4. The van der Waals surface area contributed by atoms with Gasteiger partial charge in [0.2, 0.25) is 0 Å². The molecule has 0 aliphatic carbocycles. The second-order valence-corrected chi connectivity index (χ2v) is 8.10. The quantitative estimate of drug-likeness (QED) is 0.447. The summed E-state index contributed by atoms with van der Waals surface area (Å²) < 4.78 is 84.0. The summed E-state index contributed by atoms with van der Waals surface area (Å²) >= 11 is 0. The van der Waals surface area contributed by atoms with Crippen molar-refractivity contribution < 1.29 is 31.1 Å². The van der Waals surface area contributed by atoms with Crippen LogP contribution in [0.1, 0.15) is 11.1 Å². The van der Waals surface area contributed by atoms with Gasteiger partial charge in [0.05, 0.1) is 22.8 Å². The second-order valence-electron chi connectivity index (χ2n) is 8.10. The summed E-state index contributed by atoms with van der Waals surface area (Å²) in [5.41, 5.74) is -2.89. The normalized spacial score (nSPS) is 15.4. The minimum atomic E-state index is -3.11. The van der Waals surface area contributed by atoms with Gasteiger partial charge in [0.15, 0.2) is 5.78 Å². The van der Waals surface area contributed by atoms with Crippen LogP contribution in [-0.2, 0) is 4.79 Å². The number of hydrogen-bond donors (Lipinski definition) is 0. The molecule has 38 heavy (non-hydrogen) atoms. The van der Waals surface area contributed by atoms with Crippen LogP contribution >= 0.6 is 0 Å². The number of rotatable bonds is 6. The molecule has 0 N–H and O–H groups in total. The summed E-state index contributed by atoms with van der Waals surface area (Å²) in [5, 5.41) is 18.6. The molecule has 0 saturated carbocycles. The fourth-order valence-electron chi connectivity index (χ4n) is 4.20. The van der Waals surface area contributed by atoms with Gasteiger partial charge < -0.3 is 9.80 Å². The van der Waals surface area contributed by atoms with Crippen molar-refractivity contribution >= 4 is 17.2 Å². The molecule has 2 aliphatic heterocycles. The molecule has 192 valence electrons. The Balaban J connectivity index is 1.67. The van der Waals surface area contributed by atoms with E-state index in [1.54, 1.807) is 12.1 Å². The van der Waals surface area contributed by atoms with Gasteiger partial charge in [0, 0.05) is 24.2 Å². The van der Waals surface area contributed by atoms with Crippen molar-refractivity contribution in [2.24, 2.45) is 0 Å². The van der Waals surface area contributed by atoms with Gasteiger partial charge in [-0.05, 0) is 36.4 Å². The van der Waals surface area contributed by atoms with Crippen LogP contribution in [0.3, 0.4) is 0 Å². The first kappa shape index (κ1) is 26.3. The Bertz CT molecular complexity index is 1400. The monoisotopic (exact) mass is 526 g/mol. The van der Waals surface area contributed by atoms with Gasteiger partial charge in [-0.15, -0.1) is 0 Å². The first-order valence-electron chi connectivity index (χ1n) is 11.0. The molecule has 0 atom stereocenters. The van der Waals surface area contributed by atoms with Crippen LogP contribution in [0.4, 0.5) is 37.7 Å². The Kier molecular flexibility index (Phi) is 7.40. The van der Waals surface area contributed by atoms with Crippen LogP contribution in [-0.4, -0.2) is 31.7 Å². The summed E-state index contributed by atoms with van der Waals surface area (Å²) in [6, 6.07) is 10.4. The number of Topliss-reactive ketones (excluding diaryl/α,β-unsaturated/α-hetero) is 1. The van der Waals surface area contributed by atoms with Gasteiger partial charge in [0.1, 0.15) is 34.9 Å². The number of nitriles is 2. The molecule has 0 fully saturated rings. The lowest BCUT2D eigenvalue weighted by molar-refractivity contribution is -0.111. The summed E-state index contributed by atoms with van der Waals surface area (Å²) in [4.78, 5) is 15.1. The van der Waals surface area contributed by atoms with Crippen molar-refractivity contribution in [2.45, 2.75) is 12.9 Å². The standard InChI is InChI=1S/C27H16F6N4O/c28-19-3-1-5-21(17(19)13-34)36-9-7-15(11-23(36)26(30)31)25(38)16-8-10-37(24(12-16)27(32)33)22-6-2-4-20(29)18(22)14-35/h1-8,11-12,26-27H,9-10H2. The molecule has 2 aromatic rings. The number of hydrogen-bond acceptors (Lipinski definition) is 5. The Hall–Kier alpha value is -4.77. The van der Waals surface area contributed by atoms with Crippen molar-refractivity contribution in [1.29, 1.82) is 10.5 Å². The number of alkyl halides is 4. The molecule has 0 aromatic heterocycles. The topological polar surface area (TPSA) is 71.1 Å². The zero-order valence-corrected chi connectivity index (χ0v) is 19.3. The van der Waals surface area contributed by atoms with Crippen molar-refractivity contribution in [3.8, 4) is 12.1 Å².